The van der Waals surface area contributed by atoms with Crippen molar-refractivity contribution in [2.24, 2.45) is 0 Å². The second-order valence-electron chi connectivity index (χ2n) is 6.35. The summed E-state index contributed by atoms with van der Waals surface area (Å²) in [5, 5.41) is 7.79. The Bertz CT molecular complexity index is 917. The van der Waals surface area contributed by atoms with Crippen LogP contribution in [-0.2, 0) is 16.0 Å². The van der Waals surface area contributed by atoms with Crippen molar-refractivity contribution in [3.63, 3.8) is 0 Å². The minimum Gasteiger partial charge on any atom is -0.491 e. The lowest BCUT2D eigenvalue weighted by atomic mass is 10.1. The summed E-state index contributed by atoms with van der Waals surface area (Å²) < 4.78 is 10.4. The molecule has 2 aromatic carbocycles. The predicted octanol–water partition coefficient (Wildman–Crippen LogP) is 2.37. The summed E-state index contributed by atoms with van der Waals surface area (Å²) in [5.41, 5.74) is 1.75. The van der Waals surface area contributed by atoms with E-state index in [1.54, 1.807) is 49.6 Å². The molecule has 29 heavy (non-hydrogen) atoms. The summed E-state index contributed by atoms with van der Waals surface area (Å²) in [6.07, 6.45) is 0.363. The Morgan fingerprint density at radius 3 is 2.52 bits per heavy atom. The first kappa shape index (κ1) is 20.6. The molecular formula is C20H20ClN3O5. The van der Waals surface area contributed by atoms with Crippen LogP contribution in [0, 0.1) is 0 Å². The molecule has 8 nitrogen and oxygen atoms in total. The minimum absolute atomic E-state index is 0.275. The lowest BCUT2D eigenvalue weighted by Crippen LogP contribution is -2.31. The fraction of sp³-hybridized carbons (Fsp3) is 0.250. The molecule has 0 aromatic heterocycles. The van der Waals surface area contributed by atoms with Gasteiger partial charge in [-0.2, -0.15) is 0 Å². The number of rotatable bonds is 8. The third-order valence-corrected chi connectivity index (χ3v) is 4.56. The Balaban J connectivity index is 1.59. The molecule has 0 aliphatic carbocycles. The first-order valence-electron chi connectivity index (χ1n) is 8.89. The first-order chi connectivity index (χ1) is 14.0. The average molecular weight is 418 g/mol. The van der Waals surface area contributed by atoms with Crippen LogP contribution in [0.2, 0.25) is 5.02 Å². The van der Waals surface area contributed by atoms with Crippen LogP contribution in [0.5, 0.6) is 5.75 Å². The number of urea groups is 1. The highest BCUT2D eigenvalue weighted by atomic mass is 35.5. The van der Waals surface area contributed by atoms with Crippen molar-refractivity contribution >= 4 is 35.1 Å². The molecule has 0 bridgehead atoms. The van der Waals surface area contributed by atoms with Gasteiger partial charge in [0.1, 0.15) is 18.4 Å². The zero-order valence-corrected chi connectivity index (χ0v) is 16.4. The Hall–Kier alpha value is -3.10. The van der Waals surface area contributed by atoms with Crippen LogP contribution in [0.4, 0.5) is 10.5 Å². The SMILES string of the molecule is COCCOc1ccc(C(=O)Nc2ccc(CC3NC(=O)NC3=O)cc2)c(Cl)c1. The van der Waals surface area contributed by atoms with Crippen molar-refractivity contribution in [2.45, 2.75) is 12.5 Å². The van der Waals surface area contributed by atoms with Crippen LogP contribution in [0.25, 0.3) is 0 Å². The van der Waals surface area contributed by atoms with Gasteiger partial charge in [-0.05, 0) is 35.9 Å². The minimum atomic E-state index is -0.591. The number of halogens is 1. The topological polar surface area (TPSA) is 106 Å². The van der Waals surface area contributed by atoms with Gasteiger partial charge in [0.25, 0.3) is 11.8 Å². The molecule has 1 atom stereocenters. The molecule has 1 unspecified atom stereocenters. The average Bonchev–Trinajstić information content (AvgIpc) is 3.00. The maximum absolute atomic E-state index is 12.5. The number of benzene rings is 2. The molecule has 0 radical (unpaired) electrons. The van der Waals surface area contributed by atoms with Gasteiger partial charge in [0.15, 0.2) is 0 Å². The molecule has 2 aromatic rings. The van der Waals surface area contributed by atoms with Gasteiger partial charge in [0.05, 0.1) is 17.2 Å². The number of imide groups is 1. The highest BCUT2D eigenvalue weighted by molar-refractivity contribution is 6.34. The maximum Gasteiger partial charge on any atom is 0.322 e. The van der Waals surface area contributed by atoms with Crippen molar-refractivity contribution in [3.05, 3.63) is 58.6 Å². The Morgan fingerprint density at radius 2 is 1.90 bits per heavy atom. The summed E-state index contributed by atoms with van der Waals surface area (Å²) in [6, 6.07) is 10.8. The second kappa shape index (κ2) is 9.40. The van der Waals surface area contributed by atoms with E-state index in [1.165, 1.54) is 0 Å². The van der Waals surface area contributed by atoms with Crippen LogP contribution in [0.1, 0.15) is 15.9 Å². The number of carbonyl (C=O) groups is 3. The fourth-order valence-electron chi connectivity index (χ4n) is 2.77. The van der Waals surface area contributed by atoms with Crippen molar-refractivity contribution in [2.75, 3.05) is 25.6 Å². The summed E-state index contributed by atoms with van der Waals surface area (Å²) >= 11 is 6.20. The third-order valence-electron chi connectivity index (χ3n) is 4.25. The standard InChI is InChI=1S/C20H20ClN3O5/c1-28-8-9-29-14-6-7-15(16(21)11-14)18(25)22-13-4-2-12(3-5-13)10-17-19(26)24-20(27)23-17/h2-7,11,17H,8-10H2,1H3,(H,22,25)(H2,23,24,26,27). The van der Waals surface area contributed by atoms with Gasteiger partial charge in [-0.15, -0.1) is 0 Å². The highest BCUT2D eigenvalue weighted by Crippen LogP contribution is 2.24. The van der Waals surface area contributed by atoms with Crippen molar-refractivity contribution in [1.82, 2.24) is 10.6 Å². The molecule has 3 rings (SSSR count). The Morgan fingerprint density at radius 1 is 1.14 bits per heavy atom. The molecule has 1 aliphatic rings. The van der Waals surface area contributed by atoms with Gasteiger partial charge < -0.3 is 20.1 Å². The highest BCUT2D eigenvalue weighted by Gasteiger charge is 2.29. The van der Waals surface area contributed by atoms with Crippen LogP contribution >= 0.6 is 11.6 Å². The summed E-state index contributed by atoms with van der Waals surface area (Å²) in [6.45, 7) is 0.838. The summed E-state index contributed by atoms with van der Waals surface area (Å²) in [5.74, 6) is -0.152. The molecule has 9 heteroatoms. The van der Waals surface area contributed by atoms with Gasteiger partial charge >= 0.3 is 6.03 Å². The fourth-order valence-corrected chi connectivity index (χ4v) is 3.03. The summed E-state index contributed by atoms with van der Waals surface area (Å²) in [4.78, 5) is 35.3. The van der Waals surface area contributed by atoms with E-state index in [4.69, 9.17) is 21.1 Å². The van der Waals surface area contributed by atoms with Crippen molar-refractivity contribution in [3.8, 4) is 5.75 Å². The maximum atomic E-state index is 12.5. The predicted molar refractivity (Wildman–Crippen MR) is 107 cm³/mol. The number of carbonyl (C=O) groups excluding carboxylic acids is 3. The van der Waals surface area contributed by atoms with Gasteiger partial charge in [0.2, 0.25) is 0 Å². The smallest absolute Gasteiger partial charge is 0.322 e. The van der Waals surface area contributed by atoms with E-state index in [-0.39, 0.29) is 16.8 Å². The third kappa shape index (κ3) is 5.46. The molecule has 152 valence electrons. The second-order valence-corrected chi connectivity index (χ2v) is 6.76. The van der Waals surface area contributed by atoms with Gasteiger partial charge in [-0.1, -0.05) is 23.7 Å². The normalized spacial score (nSPS) is 15.6. The van der Waals surface area contributed by atoms with Crippen LogP contribution in [0.3, 0.4) is 0 Å². The largest absolute Gasteiger partial charge is 0.491 e. The van der Waals surface area contributed by atoms with E-state index in [2.05, 4.69) is 16.0 Å². The van der Waals surface area contributed by atoms with Gasteiger partial charge in [-0.25, -0.2) is 4.79 Å². The zero-order valence-electron chi connectivity index (χ0n) is 15.7. The molecule has 4 amide bonds. The number of ether oxygens (including phenoxy) is 2. The van der Waals surface area contributed by atoms with Crippen LogP contribution < -0.4 is 20.7 Å². The molecule has 3 N–H and O–H groups in total. The van der Waals surface area contributed by atoms with Crippen molar-refractivity contribution < 1.29 is 23.9 Å². The van der Waals surface area contributed by atoms with E-state index < -0.39 is 12.1 Å². The van der Waals surface area contributed by atoms with Crippen LogP contribution in [0.15, 0.2) is 42.5 Å². The number of anilines is 1. The first-order valence-corrected chi connectivity index (χ1v) is 9.27. The Kier molecular flexibility index (Phi) is 6.69. The Labute approximate surface area is 172 Å². The molecule has 1 fully saturated rings. The molecule has 1 aliphatic heterocycles. The zero-order chi connectivity index (χ0) is 20.8. The number of hydrogen-bond donors (Lipinski definition) is 3. The lowest BCUT2D eigenvalue weighted by molar-refractivity contribution is -0.120. The van der Waals surface area contributed by atoms with E-state index in [0.717, 1.165) is 5.56 Å². The van der Waals surface area contributed by atoms with E-state index in [0.29, 0.717) is 36.6 Å². The molecular weight excluding hydrogens is 398 g/mol. The number of hydrogen-bond acceptors (Lipinski definition) is 5. The quantitative estimate of drug-likeness (QED) is 0.451. The van der Waals surface area contributed by atoms with E-state index in [9.17, 15) is 14.4 Å². The monoisotopic (exact) mass is 417 g/mol. The molecule has 1 saturated heterocycles. The van der Waals surface area contributed by atoms with E-state index in [1.807, 2.05) is 0 Å². The van der Waals surface area contributed by atoms with Gasteiger partial charge in [-0.3, -0.25) is 14.9 Å². The molecule has 1 heterocycles. The van der Waals surface area contributed by atoms with Crippen LogP contribution in [-0.4, -0.2) is 44.2 Å². The number of amides is 4. The molecule has 0 saturated carbocycles. The number of methoxy groups -OCH3 is 1. The lowest BCUT2D eigenvalue weighted by Gasteiger charge is -2.11. The van der Waals surface area contributed by atoms with Gasteiger partial charge in [0, 0.05) is 19.2 Å². The van der Waals surface area contributed by atoms with E-state index >= 15 is 0 Å². The van der Waals surface area contributed by atoms with Crippen molar-refractivity contribution in [1.29, 1.82) is 0 Å². The summed E-state index contributed by atoms with van der Waals surface area (Å²) in [7, 11) is 1.58. The molecule has 0 spiro atoms. The number of nitrogens with one attached hydrogen (secondary N) is 3.